The van der Waals surface area contributed by atoms with Crippen molar-refractivity contribution in [2.45, 2.75) is 121 Å². The standard InChI is InChI=1S/C49H52F3N3O4S/c1-32-27-46(18-5-6-19-46)22-17-34(37-14-16-43(59-60(57,58)49(50,51)52)39-29-47(28-38(37)39)20-7-8-21-47)11-13-36(32)35-12-15-40-41(26-35)54-45(53-40)42-30-48(23-24-48)31-55(42)44(56)25-33-9-3-2-4-10-33/h2-4,9-16,26,42H,1,5-8,17-25,27-31H2,(H,53,54)/b34-11+,36-13+/t42-/m0/s1. The molecule has 0 bridgehead atoms. The average Bonchev–Trinajstić information content (AvgIpc) is 3.81. The second-order valence-electron chi connectivity index (χ2n) is 19.1. The first-order chi connectivity index (χ1) is 28.7. The Hall–Kier alpha value is -4.64. The number of hydrogen-bond acceptors (Lipinski definition) is 5. The van der Waals surface area contributed by atoms with E-state index in [0.717, 1.165) is 139 Å². The molecule has 2 heterocycles. The molecule has 0 radical (unpaired) electrons. The van der Waals surface area contributed by atoms with Crippen molar-refractivity contribution in [3.05, 3.63) is 119 Å². The van der Waals surface area contributed by atoms with Gasteiger partial charge in [-0.15, -0.1) is 0 Å². The SMILES string of the molecule is C=C1CC2(CCCC2)CC/C(c2ccc(OS(=O)(=O)C(F)(F)F)c3c2CC2(CCCC2)C3)=C\C=C/1c1ccc2nc([C@@H]3CC4(CC4)CN3C(=O)Cc3ccccc3)[nH]c2c1. The van der Waals surface area contributed by atoms with Gasteiger partial charge in [-0.2, -0.15) is 21.6 Å². The van der Waals surface area contributed by atoms with Gasteiger partial charge >= 0.3 is 15.6 Å². The first-order valence-corrected chi connectivity index (χ1v) is 23.2. The highest BCUT2D eigenvalue weighted by Crippen LogP contribution is 2.59. The minimum Gasteiger partial charge on any atom is -0.376 e. The summed E-state index contributed by atoms with van der Waals surface area (Å²) in [5.41, 5.74) is 4.18. The van der Waals surface area contributed by atoms with Gasteiger partial charge in [-0.1, -0.05) is 86.9 Å². The van der Waals surface area contributed by atoms with Crippen LogP contribution in [0.2, 0.25) is 0 Å². The zero-order valence-corrected chi connectivity index (χ0v) is 34.8. The van der Waals surface area contributed by atoms with E-state index >= 15 is 0 Å². The molecule has 1 aliphatic heterocycles. The van der Waals surface area contributed by atoms with E-state index in [1.165, 1.54) is 18.9 Å². The van der Waals surface area contributed by atoms with Crippen LogP contribution in [0.4, 0.5) is 13.2 Å². The summed E-state index contributed by atoms with van der Waals surface area (Å²) in [6.07, 6.45) is 20.3. The van der Waals surface area contributed by atoms with Gasteiger partial charge in [0.05, 0.1) is 23.5 Å². The highest BCUT2D eigenvalue weighted by Gasteiger charge is 2.54. The lowest BCUT2D eigenvalue weighted by atomic mass is 9.74. The summed E-state index contributed by atoms with van der Waals surface area (Å²) >= 11 is 0. The minimum absolute atomic E-state index is 0.0849. The molecule has 4 fully saturated rings. The molecule has 1 atom stereocenters. The van der Waals surface area contributed by atoms with Crippen molar-refractivity contribution < 1.29 is 30.6 Å². The predicted molar refractivity (Wildman–Crippen MR) is 227 cm³/mol. The molecule has 3 saturated carbocycles. The van der Waals surface area contributed by atoms with Crippen molar-refractivity contribution in [1.29, 1.82) is 0 Å². The lowest BCUT2D eigenvalue weighted by Gasteiger charge is -2.31. The van der Waals surface area contributed by atoms with E-state index in [4.69, 9.17) is 15.7 Å². The van der Waals surface area contributed by atoms with Crippen LogP contribution in [0.1, 0.15) is 130 Å². The molecule has 314 valence electrons. The third-order valence-electron chi connectivity index (χ3n) is 15.1. The van der Waals surface area contributed by atoms with E-state index in [2.05, 4.69) is 35.3 Å². The second-order valence-corrected chi connectivity index (χ2v) is 20.7. The summed E-state index contributed by atoms with van der Waals surface area (Å²) in [4.78, 5) is 24.6. The number of aromatic nitrogens is 2. The maximum atomic E-state index is 13.8. The Morgan fingerprint density at radius 1 is 0.850 bits per heavy atom. The number of halogens is 3. The van der Waals surface area contributed by atoms with Crippen molar-refractivity contribution in [1.82, 2.24) is 14.9 Å². The van der Waals surface area contributed by atoms with E-state index in [1.807, 2.05) is 35.2 Å². The van der Waals surface area contributed by atoms with Gasteiger partial charge in [-0.25, -0.2) is 4.98 Å². The molecule has 7 nitrogen and oxygen atoms in total. The van der Waals surface area contributed by atoms with Crippen LogP contribution in [0, 0.1) is 16.2 Å². The topological polar surface area (TPSA) is 92.4 Å². The van der Waals surface area contributed by atoms with E-state index < -0.39 is 15.6 Å². The third kappa shape index (κ3) is 7.22. The number of nitrogens with one attached hydrogen (secondary N) is 1. The number of allylic oxidation sites excluding steroid dienone is 5. The number of alkyl halides is 3. The van der Waals surface area contributed by atoms with Crippen molar-refractivity contribution in [2.75, 3.05) is 6.54 Å². The number of aromatic amines is 1. The molecule has 6 aliphatic rings. The van der Waals surface area contributed by atoms with Crippen molar-refractivity contribution in [2.24, 2.45) is 16.2 Å². The predicted octanol–water partition coefficient (Wildman–Crippen LogP) is 11.5. The average molecular weight is 836 g/mol. The first kappa shape index (κ1) is 39.5. The van der Waals surface area contributed by atoms with Crippen LogP contribution in [0.3, 0.4) is 0 Å². The fraction of sp³-hybridized carbons (Fsp3) is 0.469. The molecular formula is C49H52F3N3O4S. The molecule has 1 N–H and O–H groups in total. The molecule has 0 unspecified atom stereocenters. The maximum Gasteiger partial charge on any atom is 0.534 e. The molecule has 3 spiro atoms. The largest absolute Gasteiger partial charge is 0.534 e. The van der Waals surface area contributed by atoms with Gasteiger partial charge in [0.15, 0.2) is 0 Å². The zero-order chi connectivity index (χ0) is 41.5. The summed E-state index contributed by atoms with van der Waals surface area (Å²) in [6, 6.07) is 19.4. The van der Waals surface area contributed by atoms with Gasteiger partial charge in [0.2, 0.25) is 5.91 Å². The molecular weight excluding hydrogens is 784 g/mol. The normalized spacial score (nSPS) is 24.9. The maximum absolute atomic E-state index is 13.8. The number of carbonyl (C=O) groups is 1. The zero-order valence-electron chi connectivity index (χ0n) is 34.0. The van der Waals surface area contributed by atoms with Crippen LogP contribution < -0.4 is 4.18 Å². The van der Waals surface area contributed by atoms with Crippen LogP contribution in [0.15, 0.2) is 85.0 Å². The molecule has 1 saturated heterocycles. The number of likely N-dealkylation sites (tertiary alicyclic amines) is 1. The first-order valence-electron chi connectivity index (χ1n) is 21.8. The number of nitrogens with zero attached hydrogens (tertiary/aromatic N) is 2. The number of imidazole rings is 1. The van der Waals surface area contributed by atoms with Gasteiger partial charge in [-0.3, -0.25) is 4.79 Å². The quantitative estimate of drug-likeness (QED) is 0.148. The Labute approximate surface area is 350 Å². The van der Waals surface area contributed by atoms with E-state index in [-0.39, 0.29) is 33.9 Å². The highest BCUT2D eigenvalue weighted by atomic mass is 32.2. The van der Waals surface area contributed by atoms with Gasteiger partial charge in [0.1, 0.15) is 11.6 Å². The Morgan fingerprint density at radius 3 is 2.28 bits per heavy atom. The molecule has 60 heavy (non-hydrogen) atoms. The molecule has 10 rings (SSSR count). The van der Waals surface area contributed by atoms with Crippen LogP contribution in [0.25, 0.3) is 22.2 Å². The van der Waals surface area contributed by atoms with Gasteiger partial charge in [0.25, 0.3) is 0 Å². The molecule has 4 aromatic rings. The van der Waals surface area contributed by atoms with E-state index in [9.17, 15) is 26.4 Å². The molecule has 5 aliphatic carbocycles. The van der Waals surface area contributed by atoms with E-state index in [1.54, 1.807) is 6.07 Å². The molecule has 1 aromatic heterocycles. The lowest BCUT2D eigenvalue weighted by molar-refractivity contribution is -0.131. The second kappa shape index (κ2) is 14.5. The van der Waals surface area contributed by atoms with Crippen LogP contribution >= 0.6 is 0 Å². The smallest absolute Gasteiger partial charge is 0.376 e. The number of benzene rings is 3. The van der Waals surface area contributed by atoms with Crippen molar-refractivity contribution in [3.8, 4) is 5.75 Å². The number of rotatable bonds is 7. The number of amides is 1. The number of fused-ring (bicyclic) bond motifs is 2. The van der Waals surface area contributed by atoms with E-state index in [0.29, 0.717) is 24.8 Å². The summed E-state index contributed by atoms with van der Waals surface area (Å²) in [7, 11) is -5.82. The van der Waals surface area contributed by atoms with Gasteiger partial charge in [0, 0.05) is 12.1 Å². The monoisotopic (exact) mass is 835 g/mol. The minimum atomic E-state index is -5.82. The van der Waals surface area contributed by atoms with Gasteiger partial charge in [-0.05, 0) is 150 Å². The molecule has 3 aromatic carbocycles. The third-order valence-corrected chi connectivity index (χ3v) is 16.1. The summed E-state index contributed by atoms with van der Waals surface area (Å²) in [5, 5.41) is 0. The van der Waals surface area contributed by atoms with Crippen molar-refractivity contribution in [3.63, 3.8) is 0 Å². The van der Waals surface area contributed by atoms with Crippen LogP contribution in [-0.2, 0) is 34.2 Å². The summed E-state index contributed by atoms with van der Waals surface area (Å²) < 4.78 is 70.1. The highest BCUT2D eigenvalue weighted by molar-refractivity contribution is 7.88. The number of hydrogen-bond donors (Lipinski definition) is 1. The fourth-order valence-electron chi connectivity index (χ4n) is 11.7. The van der Waals surface area contributed by atoms with Crippen molar-refractivity contribution >= 4 is 38.2 Å². The Bertz CT molecular complexity index is 2560. The summed E-state index contributed by atoms with van der Waals surface area (Å²) in [6.45, 7) is 5.47. The Morgan fingerprint density at radius 2 is 1.57 bits per heavy atom. The Balaban J connectivity index is 1.01. The Kier molecular flexibility index (Phi) is 9.54. The van der Waals surface area contributed by atoms with Gasteiger partial charge < -0.3 is 14.1 Å². The lowest BCUT2D eigenvalue weighted by Crippen LogP contribution is -2.33. The van der Waals surface area contributed by atoms with Crippen LogP contribution in [-0.4, -0.2) is 41.2 Å². The number of H-pyrrole nitrogens is 1. The molecule has 11 heteroatoms. The summed E-state index contributed by atoms with van der Waals surface area (Å²) in [5.74, 6) is 0.756. The number of carbonyl (C=O) groups excluding carboxylic acids is 1. The fourth-order valence-corrected chi connectivity index (χ4v) is 12.2. The molecule has 1 amide bonds. The van der Waals surface area contributed by atoms with Crippen LogP contribution in [0.5, 0.6) is 5.75 Å².